The van der Waals surface area contributed by atoms with E-state index in [4.69, 9.17) is 16.3 Å². The standard InChI is InChI=1S/C24H21ClN4O3/c1-24(2,3)27-23(31)17(12-26)22(30)20-18-13-32-19-7-5-4-6-16(19)21(18)29(28-20)15-10-8-14(25)9-11-15/h4-11,17H,13H2,1-3H3,(H,27,31). The summed E-state index contributed by atoms with van der Waals surface area (Å²) in [6.07, 6.45) is 0. The summed E-state index contributed by atoms with van der Waals surface area (Å²) in [5, 5.41) is 17.4. The Morgan fingerprint density at radius 2 is 1.88 bits per heavy atom. The number of nitrogens with one attached hydrogen (secondary N) is 1. The number of para-hydroxylation sites is 1. The van der Waals surface area contributed by atoms with E-state index in [0.29, 0.717) is 27.7 Å². The van der Waals surface area contributed by atoms with E-state index in [1.165, 1.54) is 0 Å². The van der Waals surface area contributed by atoms with Crippen molar-refractivity contribution in [2.75, 3.05) is 0 Å². The minimum absolute atomic E-state index is 0.0417. The molecule has 0 bridgehead atoms. The third-order valence-electron chi connectivity index (χ3n) is 4.95. The summed E-state index contributed by atoms with van der Waals surface area (Å²) < 4.78 is 7.49. The zero-order chi connectivity index (χ0) is 23.0. The van der Waals surface area contributed by atoms with Crippen molar-refractivity contribution in [3.8, 4) is 28.8 Å². The van der Waals surface area contributed by atoms with Gasteiger partial charge in [-0.1, -0.05) is 23.7 Å². The number of carbonyl (C=O) groups excluding carboxylic acids is 2. The maximum absolute atomic E-state index is 13.4. The first-order valence-corrected chi connectivity index (χ1v) is 10.4. The molecule has 7 nitrogen and oxygen atoms in total. The fourth-order valence-corrected chi connectivity index (χ4v) is 3.71. The Balaban J connectivity index is 1.86. The average Bonchev–Trinajstić information content (AvgIpc) is 3.13. The van der Waals surface area contributed by atoms with Gasteiger partial charge in [0.05, 0.1) is 17.5 Å². The highest BCUT2D eigenvalue weighted by Crippen LogP contribution is 2.40. The number of fused-ring (bicyclic) bond motifs is 3. The Morgan fingerprint density at radius 3 is 2.53 bits per heavy atom. The van der Waals surface area contributed by atoms with Crippen LogP contribution < -0.4 is 10.1 Å². The van der Waals surface area contributed by atoms with Crippen molar-refractivity contribution < 1.29 is 14.3 Å². The number of benzene rings is 2. The fourth-order valence-electron chi connectivity index (χ4n) is 3.58. The summed E-state index contributed by atoms with van der Waals surface area (Å²) in [7, 11) is 0. The van der Waals surface area contributed by atoms with Gasteiger partial charge >= 0.3 is 0 Å². The predicted octanol–water partition coefficient (Wildman–Crippen LogP) is 4.32. The van der Waals surface area contributed by atoms with E-state index in [0.717, 1.165) is 5.56 Å². The zero-order valence-corrected chi connectivity index (χ0v) is 18.6. The number of ketones is 1. The summed E-state index contributed by atoms with van der Waals surface area (Å²) in [6, 6.07) is 16.3. The number of amides is 1. The number of carbonyl (C=O) groups is 2. The van der Waals surface area contributed by atoms with Crippen LogP contribution >= 0.6 is 11.6 Å². The van der Waals surface area contributed by atoms with E-state index < -0.39 is 23.1 Å². The van der Waals surface area contributed by atoms with E-state index in [1.54, 1.807) is 49.7 Å². The lowest BCUT2D eigenvalue weighted by Gasteiger charge is -2.22. The molecule has 3 aromatic rings. The van der Waals surface area contributed by atoms with Crippen LogP contribution in [0.3, 0.4) is 0 Å². The van der Waals surface area contributed by atoms with Crippen molar-refractivity contribution in [2.24, 2.45) is 5.92 Å². The molecule has 162 valence electrons. The van der Waals surface area contributed by atoms with Gasteiger partial charge < -0.3 is 10.1 Å². The molecule has 0 saturated heterocycles. The molecule has 2 aromatic carbocycles. The smallest absolute Gasteiger partial charge is 0.245 e. The van der Waals surface area contributed by atoms with Crippen LogP contribution in [-0.4, -0.2) is 27.0 Å². The number of Topliss-reactive ketones (excluding diaryl/α,β-unsaturated/α-hetero) is 1. The fraction of sp³-hybridized carbons (Fsp3) is 0.250. The largest absolute Gasteiger partial charge is 0.488 e. The highest BCUT2D eigenvalue weighted by Gasteiger charge is 2.36. The molecule has 8 heteroatoms. The van der Waals surface area contributed by atoms with Crippen molar-refractivity contribution in [3.05, 3.63) is 64.8 Å². The minimum Gasteiger partial charge on any atom is -0.488 e. The van der Waals surface area contributed by atoms with Crippen LogP contribution in [0.15, 0.2) is 48.5 Å². The quantitative estimate of drug-likeness (QED) is 0.473. The van der Waals surface area contributed by atoms with E-state index in [1.807, 2.05) is 30.3 Å². The van der Waals surface area contributed by atoms with Gasteiger partial charge in [-0.2, -0.15) is 10.4 Å². The molecular formula is C24H21ClN4O3. The second-order valence-corrected chi connectivity index (χ2v) is 8.95. The Morgan fingerprint density at radius 1 is 1.19 bits per heavy atom. The zero-order valence-electron chi connectivity index (χ0n) is 17.8. The first-order valence-electron chi connectivity index (χ1n) is 10.1. The van der Waals surface area contributed by atoms with Crippen molar-refractivity contribution in [3.63, 3.8) is 0 Å². The summed E-state index contributed by atoms with van der Waals surface area (Å²) >= 11 is 6.04. The molecule has 1 aliphatic heterocycles. The van der Waals surface area contributed by atoms with Crippen LogP contribution in [0.4, 0.5) is 0 Å². The highest BCUT2D eigenvalue weighted by molar-refractivity contribution is 6.30. The number of halogens is 1. The average molecular weight is 449 g/mol. The molecule has 1 aliphatic rings. The summed E-state index contributed by atoms with van der Waals surface area (Å²) in [4.78, 5) is 26.0. The SMILES string of the molecule is CC(C)(C)NC(=O)C(C#N)C(=O)c1nn(-c2ccc(Cl)cc2)c2c1COc1ccccc1-2. The molecule has 1 unspecified atom stereocenters. The molecule has 4 rings (SSSR count). The van der Waals surface area contributed by atoms with Gasteiger partial charge in [-0.25, -0.2) is 4.68 Å². The van der Waals surface area contributed by atoms with Gasteiger partial charge in [0.2, 0.25) is 11.7 Å². The predicted molar refractivity (Wildman–Crippen MR) is 120 cm³/mol. The maximum atomic E-state index is 13.4. The Kier molecular flexibility index (Phi) is 5.49. The van der Waals surface area contributed by atoms with Crippen LogP contribution in [0, 0.1) is 17.2 Å². The summed E-state index contributed by atoms with van der Waals surface area (Å²) in [5.41, 5.74) is 2.13. The van der Waals surface area contributed by atoms with E-state index in [9.17, 15) is 14.9 Å². The topological polar surface area (TPSA) is 97.0 Å². The Bertz CT molecular complexity index is 1250. The second kappa shape index (κ2) is 8.13. The lowest BCUT2D eigenvalue weighted by atomic mass is 9.95. The molecule has 0 aliphatic carbocycles. The van der Waals surface area contributed by atoms with Crippen LogP contribution in [0.2, 0.25) is 5.02 Å². The highest BCUT2D eigenvalue weighted by atomic mass is 35.5. The van der Waals surface area contributed by atoms with Crippen molar-refractivity contribution in [1.82, 2.24) is 15.1 Å². The van der Waals surface area contributed by atoms with Crippen LogP contribution in [0.1, 0.15) is 36.8 Å². The van der Waals surface area contributed by atoms with Gasteiger partial charge in [0.25, 0.3) is 0 Å². The van der Waals surface area contributed by atoms with E-state index in [2.05, 4.69) is 10.4 Å². The number of aromatic nitrogens is 2. The van der Waals surface area contributed by atoms with Crippen molar-refractivity contribution in [1.29, 1.82) is 5.26 Å². The number of hydrogen-bond donors (Lipinski definition) is 1. The monoisotopic (exact) mass is 448 g/mol. The molecule has 1 N–H and O–H groups in total. The van der Waals surface area contributed by atoms with E-state index in [-0.39, 0.29) is 12.3 Å². The molecule has 1 atom stereocenters. The third kappa shape index (κ3) is 3.97. The van der Waals surface area contributed by atoms with Crippen molar-refractivity contribution >= 4 is 23.3 Å². The number of ether oxygens (including phenoxy) is 1. The summed E-state index contributed by atoms with van der Waals surface area (Å²) in [5.74, 6) is -2.18. The third-order valence-corrected chi connectivity index (χ3v) is 5.21. The minimum atomic E-state index is -1.52. The number of nitrogens with zero attached hydrogens (tertiary/aromatic N) is 3. The molecule has 0 radical (unpaired) electrons. The van der Waals surface area contributed by atoms with Gasteiger partial charge in [-0.3, -0.25) is 9.59 Å². The molecule has 2 heterocycles. The normalized spacial score (nSPS) is 13.2. The molecular weight excluding hydrogens is 428 g/mol. The van der Waals surface area contributed by atoms with Gasteiger partial charge in [0, 0.05) is 21.7 Å². The van der Waals surface area contributed by atoms with Crippen LogP contribution in [0.25, 0.3) is 16.9 Å². The molecule has 0 spiro atoms. The molecule has 1 amide bonds. The van der Waals surface area contributed by atoms with Gasteiger partial charge in [0.15, 0.2) is 5.92 Å². The molecule has 0 saturated carbocycles. The Hall–Kier alpha value is -3.63. The summed E-state index contributed by atoms with van der Waals surface area (Å²) in [6.45, 7) is 5.45. The van der Waals surface area contributed by atoms with Crippen LogP contribution in [-0.2, 0) is 11.4 Å². The number of rotatable bonds is 4. The van der Waals surface area contributed by atoms with Gasteiger partial charge in [-0.15, -0.1) is 0 Å². The van der Waals surface area contributed by atoms with Crippen molar-refractivity contribution in [2.45, 2.75) is 32.9 Å². The Labute approximate surface area is 190 Å². The molecule has 1 aromatic heterocycles. The molecule has 0 fully saturated rings. The first-order chi connectivity index (χ1) is 15.2. The van der Waals surface area contributed by atoms with Gasteiger partial charge in [0.1, 0.15) is 18.1 Å². The lowest BCUT2D eigenvalue weighted by molar-refractivity contribution is -0.123. The number of nitriles is 1. The molecule has 32 heavy (non-hydrogen) atoms. The second-order valence-electron chi connectivity index (χ2n) is 8.51. The number of hydrogen-bond acceptors (Lipinski definition) is 5. The lowest BCUT2D eigenvalue weighted by Crippen LogP contribution is -2.45. The van der Waals surface area contributed by atoms with Gasteiger partial charge in [-0.05, 0) is 57.2 Å². The first kappa shape index (κ1) is 21.6. The maximum Gasteiger partial charge on any atom is 0.245 e. The van der Waals surface area contributed by atoms with Crippen LogP contribution in [0.5, 0.6) is 5.75 Å². The van der Waals surface area contributed by atoms with E-state index >= 15 is 0 Å².